The zero-order valence-corrected chi connectivity index (χ0v) is 15.5. The molecule has 0 aliphatic heterocycles. The maximum absolute atomic E-state index is 6.06. The zero-order chi connectivity index (χ0) is 17.5. The number of aryl methyl sites for hydroxylation is 3. The summed E-state index contributed by atoms with van der Waals surface area (Å²) in [5.41, 5.74) is 4.62. The lowest BCUT2D eigenvalue weighted by Crippen LogP contribution is -2.11. The van der Waals surface area contributed by atoms with Crippen molar-refractivity contribution >= 4 is 17.5 Å². The van der Waals surface area contributed by atoms with E-state index >= 15 is 0 Å². The first-order valence-electron chi connectivity index (χ1n) is 8.17. The van der Waals surface area contributed by atoms with E-state index in [1.807, 2.05) is 18.2 Å². The van der Waals surface area contributed by atoms with E-state index in [1.165, 1.54) is 18.2 Å². The van der Waals surface area contributed by atoms with Crippen molar-refractivity contribution in [3.63, 3.8) is 0 Å². The third-order valence-corrected chi connectivity index (χ3v) is 4.24. The van der Waals surface area contributed by atoms with Gasteiger partial charge < -0.3 is 14.2 Å². The van der Waals surface area contributed by atoms with E-state index in [0.29, 0.717) is 12.4 Å². The van der Waals surface area contributed by atoms with Gasteiger partial charge in [0.2, 0.25) is 0 Å². The van der Waals surface area contributed by atoms with Crippen LogP contribution in [0.4, 0.5) is 0 Å². The van der Waals surface area contributed by atoms with E-state index in [0.717, 1.165) is 29.7 Å². The van der Waals surface area contributed by atoms with Crippen LogP contribution in [-0.4, -0.2) is 12.3 Å². The second-order valence-electron chi connectivity index (χ2n) is 5.55. The van der Waals surface area contributed by atoms with Crippen molar-refractivity contribution in [1.29, 1.82) is 0 Å². The highest BCUT2D eigenvalue weighted by Gasteiger charge is 2.12. The number of hydrogen-bond acceptors (Lipinski definition) is 4. The molecule has 0 heterocycles. The van der Waals surface area contributed by atoms with Crippen LogP contribution >= 0.6 is 12.2 Å². The van der Waals surface area contributed by atoms with E-state index in [4.69, 9.17) is 26.4 Å². The Kier molecular flexibility index (Phi) is 6.62. The van der Waals surface area contributed by atoms with Gasteiger partial charge in [0.25, 0.3) is 0 Å². The average molecular weight is 344 g/mol. The third kappa shape index (κ3) is 4.48. The molecule has 0 spiro atoms. The molecule has 128 valence electrons. The Hall–Kier alpha value is -2.07. The molecule has 0 atom stereocenters. The Morgan fingerprint density at radius 1 is 1.04 bits per heavy atom. The molecule has 0 aliphatic rings. The van der Waals surface area contributed by atoms with Crippen molar-refractivity contribution in [2.24, 2.45) is 0 Å². The quantitative estimate of drug-likeness (QED) is 0.689. The Balaban J connectivity index is 2.23. The van der Waals surface area contributed by atoms with Crippen LogP contribution in [0.25, 0.3) is 0 Å². The fourth-order valence-electron chi connectivity index (χ4n) is 2.58. The van der Waals surface area contributed by atoms with Crippen LogP contribution in [-0.2, 0) is 24.2 Å². The Morgan fingerprint density at radius 2 is 1.83 bits per heavy atom. The summed E-state index contributed by atoms with van der Waals surface area (Å²) in [6, 6.07) is 12.2. The first-order valence-corrected chi connectivity index (χ1v) is 8.58. The second kappa shape index (κ2) is 8.69. The summed E-state index contributed by atoms with van der Waals surface area (Å²) in [7, 11) is 1.50. The Labute approximate surface area is 149 Å². The highest BCUT2D eigenvalue weighted by atomic mass is 32.1. The summed E-state index contributed by atoms with van der Waals surface area (Å²) in [6.07, 6.45) is 1.91. The van der Waals surface area contributed by atoms with E-state index in [-0.39, 0.29) is 5.24 Å². The van der Waals surface area contributed by atoms with Crippen LogP contribution in [0.3, 0.4) is 0 Å². The van der Waals surface area contributed by atoms with Crippen LogP contribution in [0.15, 0.2) is 36.4 Å². The molecule has 0 unspecified atom stereocenters. The van der Waals surface area contributed by atoms with Crippen LogP contribution in [0.2, 0.25) is 0 Å². The SMILES string of the molecule is CCc1ccc(OCc2c(CC)cccc2OC(=S)OC)c(C)c1. The van der Waals surface area contributed by atoms with Crippen LogP contribution in [0, 0.1) is 6.92 Å². The lowest BCUT2D eigenvalue weighted by Gasteiger charge is -2.16. The lowest BCUT2D eigenvalue weighted by atomic mass is 10.0. The molecule has 0 saturated heterocycles. The number of benzene rings is 2. The molecule has 2 aromatic rings. The van der Waals surface area contributed by atoms with E-state index < -0.39 is 0 Å². The van der Waals surface area contributed by atoms with Crippen LogP contribution in [0.5, 0.6) is 11.5 Å². The standard InChI is InChI=1S/C20H24O3S/c1-5-15-10-11-18(14(3)12-15)22-13-17-16(6-2)8-7-9-19(17)23-20(24)21-4/h7-12H,5-6,13H2,1-4H3. The Bertz CT molecular complexity index is 710. The van der Waals surface area contributed by atoms with Gasteiger partial charge in [0.15, 0.2) is 0 Å². The molecule has 0 bridgehead atoms. The van der Waals surface area contributed by atoms with E-state index in [2.05, 4.69) is 39.0 Å². The molecule has 2 rings (SSSR count). The van der Waals surface area contributed by atoms with E-state index in [9.17, 15) is 0 Å². The average Bonchev–Trinajstić information content (AvgIpc) is 2.60. The molecule has 0 aromatic heterocycles. The van der Waals surface area contributed by atoms with Gasteiger partial charge >= 0.3 is 5.24 Å². The van der Waals surface area contributed by atoms with Crippen molar-refractivity contribution in [2.75, 3.05) is 7.11 Å². The minimum Gasteiger partial charge on any atom is -0.488 e. The van der Waals surface area contributed by atoms with Gasteiger partial charge in [-0.1, -0.05) is 38.1 Å². The molecule has 0 N–H and O–H groups in total. The number of rotatable bonds is 6. The van der Waals surface area contributed by atoms with Gasteiger partial charge in [-0.25, -0.2) is 0 Å². The maximum atomic E-state index is 6.06. The first-order chi connectivity index (χ1) is 11.6. The van der Waals surface area contributed by atoms with Crippen LogP contribution < -0.4 is 9.47 Å². The zero-order valence-electron chi connectivity index (χ0n) is 14.7. The van der Waals surface area contributed by atoms with Gasteiger partial charge in [0.1, 0.15) is 18.1 Å². The monoisotopic (exact) mass is 344 g/mol. The number of methoxy groups -OCH3 is 1. The van der Waals surface area contributed by atoms with Crippen molar-refractivity contribution in [1.82, 2.24) is 0 Å². The third-order valence-electron chi connectivity index (χ3n) is 3.99. The molecular weight excluding hydrogens is 320 g/mol. The predicted molar refractivity (Wildman–Crippen MR) is 101 cm³/mol. The number of thiocarbonyl (C=S) groups is 1. The van der Waals surface area contributed by atoms with Crippen molar-refractivity contribution in [3.05, 3.63) is 58.7 Å². The second-order valence-corrected chi connectivity index (χ2v) is 5.88. The van der Waals surface area contributed by atoms with Gasteiger partial charge in [0.05, 0.1) is 7.11 Å². The summed E-state index contributed by atoms with van der Waals surface area (Å²) in [5.74, 6) is 1.57. The number of ether oxygens (including phenoxy) is 3. The molecule has 24 heavy (non-hydrogen) atoms. The minimum atomic E-state index is 0.105. The summed E-state index contributed by atoms with van der Waals surface area (Å²) >= 11 is 5.02. The summed E-state index contributed by atoms with van der Waals surface area (Å²) < 4.78 is 16.6. The molecule has 0 saturated carbocycles. The fraction of sp³-hybridized carbons (Fsp3) is 0.350. The summed E-state index contributed by atoms with van der Waals surface area (Å²) in [5, 5.41) is 0.105. The highest BCUT2D eigenvalue weighted by Crippen LogP contribution is 2.27. The van der Waals surface area contributed by atoms with Crippen molar-refractivity contribution in [2.45, 2.75) is 40.2 Å². The van der Waals surface area contributed by atoms with Crippen molar-refractivity contribution < 1.29 is 14.2 Å². The normalized spacial score (nSPS) is 10.3. The Morgan fingerprint density at radius 3 is 2.46 bits per heavy atom. The minimum absolute atomic E-state index is 0.105. The fourth-order valence-corrected chi connectivity index (χ4v) is 2.67. The summed E-state index contributed by atoms with van der Waals surface area (Å²) in [4.78, 5) is 0. The van der Waals surface area contributed by atoms with Gasteiger partial charge in [0, 0.05) is 17.8 Å². The van der Waals surface area contributed by atoms with Crippen LogP contribution in [0.1, 0.15) is 36.1 Å². The largest absolute Gasteiger partial charge is 0.488 e. The maximum Gasteiger partial charge on any atom is 0.357 e. The van der Waals surface area contributed by atoms with Crippen molar-refractivity contribution in [3.8, 4) is 11.5 Å². The van der Waals surface area contributed by atoms with E-state index in [1.54, 1.807) is 0 Å². The summed E-state index contributed by atoms with van der Waals surface area (Å²) in [6.45, 7) is 6.75. The molecule has 0 fully saturated rings. The molecule has 4 heteroatoms. The molecule has 0 amide bonds. The smallest absolute Gasteiger partial charge is 0.357 e. The van der Waals surface area contributed by atoms with Gasteiger partial charge in [-0.2, -0.15) is 0 Å². The van der Waals surface area contributed by atoms with Gasteiger partial charge in [-0.3, -0.25) is 0 Å². The molecule has 3 nitrogen and oxygen atoms in total. The highest BCUT2D eigenvalue weighted by molar-refractivity contribution is 7.79. The lowest BCUT2D eigenvalue weighted by molar-refractivity contribution is 0.287. The van der Waals surface area contributed by atoms with Gasteiger partial charge in [-0.15, -0.1) is 0 Å². The topological polar surface area (TPSA) is 27.7 Å². The first kappa shape index (κ1) is 18.3. The van der Waals surface area contributed by atoms with Gasteiger partial charge in [-0.05, 0) is 48.6 Å². The predicted octanol–water partition coefficient (Wildman–Crippen LogP) is 5.01. The molecular formula is C20H24O3S. The molecule has 0 radical (unpaired) electrons. The molecule has 2 aromatic carbocycles. The molecule has 0 aliphatic carbocycles. The number of hydrogen-bond donors (Lipinski definition) is 0.